The molecule has 3 heterocycles. The van der Waals surface area contributed by atoms with Crippen molar-refractivity contribution >= 4 is 23.3 Å². The maximum Gasteiger partial charge on any atom is 0.0701 e. The molecular weight excluding hydrogens is 266 g/mol. The van der Waals surface area contributed by atoms with Gasteiger partial charge in [0, 0.05) is 12.6 Å². The van der Waals surface area contributed by atoms with Gasteiger partial charge in [-0.15, -0.1) is 5.10 Å². The Morgan fingerprint density at radius 2 is 2.28 bits per heavy atom. The first-order chi connectivity index (χ1) is 8.79. The van der Waals surface area contributed by atoms with Crippen molar-refractivity contribution in [1.82, 2.24) is 9.59 Å². The van der Waals surface area contributed by atoms with E-state index in [1.54, 1.807) is 0 Å². The van der Waals surface area contributed by atoms with Crippen molar-refractivity contribution in [2.75, 3.05) is 18.1 Å². The molecule has 0 aliphatic carbocycles. The van der Waals surface area contributed by atoms with Gasteiger partial charge >= 0.3 is 0 Å². The van der Waals surface area contributed by atoms with Crippen molar-refractivity contribution in [2.24, 2.45) is 11.7 Å². The van der Waals surface area contributed by atoms with Gasteiger partial charge in [0.25, 0.3) is 0 Å². The van der Waals surface area contributed by atoms with Crippen LogP contribution in [0.5, 0.6) is 0 Å². The third-order valence-corrected chi connectivity index (χ3v) is 5.90. The van der Waals surface area contributed by atoms with Gasteiger partial charge in [0.2, 0.25) is 0 Å². The van der Waals surface area contributed by atoms with Gasteiger partial charge in [-0.1, -0.05) is 4.49 Å². The number of hydrogen-bond donors (Lipinski definition) is 1. The summed E-state index contributed by atoms with van der Waals surface area (Å²) in [5.74, 6) is 2.97. The summed E-state index contributed by atoms with van der Waals surface area (Å²) in [5.41, 5.74) is 6.49. The normalized spacial score (nSPS) is 29.3. The van der Waals surface area contributed by atoms with Gasteiger partial charge in [0.15, 0.2) is 0 Å². The molecule has 2 saturated heterocycles. The first kappa shape index (κ1) is 12.8. The standard InChI is InChI=1S/C12H19N3OS2/c13-11(10-8-14-15-18-10)9-1-4-16-12(7-9)2-5-17-6-3-12/h8-9,11H,1-7,13H2. The molecule has 0 saturated carbocycles. The van der Waals surface area contributed by atoms with Crippen LogP contribution < -0.4 is 5.73 Å². The van der Waals surface area contributed by atoms with E-state index in [1.807, 2.05) is 18.0 Å². The Labute approximate surface area is 116 Å². The first-order valence-corrected chi connectivity index (χ1v) is 8.46. The third-order valence-electron chi connectivity index (χ3n) is 4.15. The predicted molar refractivity (Wildman–Crippen MR) is 74.8 cm³/mol. The van der Waals surface area contributed by atoms with Gasteiger partial charge in [-0.2, -0.15) is 11.8 Å². The summed E-state index contributed by atoms with van der Waals surface area (Å²) < 4.78 is 10.0. The lowest BCUT2D eigenvalue weighted by molar-refractivity contribution is -0.105. The maximum atomic E-state index is 6.37. The summed E-state index contributed by atoms with van der Waals surface area (Å²) in [6.45, 7) is 0.856. The quantitative estimate of drug-likeness (QED) is 0.903. The van der Waals surface area contributed by atoms with Gasteiger partial charge in [0.1, 0.15) is 0 Å². The molecule has 1 aromatic heterocycles. The van der Waals surface area contributed by atoms with Gasteiger partial charge in [-0.05, 0) is 54.6 Å². The minimum atomic E-state index is 0.0837. The Hall–Kier alpha value is -0.170. The molecule has 4 nitrogen and oxygen atoms in total. The van der Waals surface area contributed by atoms with Crippen LogP contribution in [0.15, 0.2) is 6.20 Å². The summed E-state index contributed by atoms with van der Waals surface area (Å²) in [6.07, 6.45) is 6.35. The van der Waals surface area contributed by atoms with Gasteiger partial charge < -0.3 is 10.5 Å². The molecule has 1 aromatic rings. The molecule has 2 atom stereocenters. The highest BCUT2D eigenvalue weighted by molar-refractivity contribution is 7.99. The molecule has 2 unspecified atom stereocenters. The average Bonchev–Trinajstić information content (AvgIpc) is 2.93. The van der Waals surface area contributed by atoms with Crippen LogP contribution in [0.2, 0.25) is 0 Å². The van der Waals surface area contributed by atoms with E-state index >= 15 is 0 Å². The summed E-state index contributed by atoms with van der Waals surface area (Å²) in [7, 11) is 0. The fourth-order valence-corrected chi connectivity index (χ4v) is 4.85. The van der Waals surface area contributed by atoms with Crippen LogP contribution in [0, 0.1) is 5.92 Å². The number of hydrogen-bond acceptors (Lipinski definition) is 6. The Kier molecular flexibility index (Phi) is 3.89. The van der Waals surface area contributed by atoms with Crippen molar-refractivity contribution < 1.29 is 4.74 Å². The predicted octanol–water partition coefficient (Wildman–Crippen LogP) is 2.23. The van der Waals surface area contributed by atoms with Gasteiger partial charge in [-0.25, -0.2) is 0 Å². The van der Waals surface area contributed by atoms with Crippen LogP contribution in [-0.2, 0) is 4.74 Å². The molecule has 100 valence electrons. The molecule has 2 aliphatic heterocycles. The van der Waals surface area contributed by atoms with E-state index in [9.17, 15) is 0 Å². The molecule has 6 heteroatoms. The zero-order valence-corrected chi connectivity index (χ0v) is 12.0. The second kappa shape index (κ2) is 5.45. The second-order valence-corrected chi connectivity index (χ2v) is 7.28. The molecular formula is C12H19N3OS2. The molecule has 0 aromatic carbocycles. The summed E-state index contributed by atoms with van der Waals surface area (Å²) in [4.78, 5) is 1.11. The van der Waals surface area contributed by atoms with Crippen molar-refractivity contribution in [1.29, 1.82) is 0 Å². The maximum absolute atomic E-state index is 6.37. The number of ether oxygens (including phenoxy) is 1. The number of rotatable bonds is 2. The molecule has 18 heavy (non-hydrogen) atoms. The van der Waals surface area contributed by atoms with Crippen LogP contribution in [0.1, 0.15) is 36.6 Å². The van der Waals surface area contributed by atoms with Crippen molar-refractivity contribution in [3.8, 4) is 0 Å². The summed E-state index contributed by atoms with van der Waals surface area (Å²) in [6, 6.07) is 0.0837. The fraction of sp³-hybridized carbons (Fsp3) is 0.833. The SMILES string of the molecule is NC(c1cnns1)C1CCOC2(CCSCC2)C1. The lowest BCUT2D eigenvalue weighted by Gasteiger charge is -2.44. The zero-order valence-electron chi connectivity index (χ0n) is 10.4. The lowest BCUT2D eigenvalue weighted by atomic mass is 9.78. The molecule has 0 bridgehead atoms. The highest BCUT2D eigenvalue weighted by Gasteiger charge is 2.40. The molecule has 2 aliphatic rings. The Bertz CT molecular complexity index is 373. The van der Waals surface area contributed by atoms with Crippen molar-refractivity contribution in [2.45, 2.75) is 37.3 Å². The highest BCUT2D eigenvalue weighted by atomic mass is 32.2. The molecule has 1 spiro atoms. The zero-order chi connectivity index (χ0) is 12.4. The lowest BCUT2D eigenvalue weighted by Crippen LogP contribution is -2.45. The van der Waals surface area contributed by atoms with E-state index in [1.165, 1.54) is 35.9 Å². The molecule has 2 N–H and O–H groups in total. The van der Waals surface area contributed by atoms with E-state index in [0.717, 1.165) is 24.3 Å². The number of aromatic nitrogens is 2. The smallest absolute Gasteiger partial charge is 0.0701 e. The van der Waals surface area contributed by atoms with Crippen LogP contribution in [-0.4, -0.2) is 33.3 Å². The van der Waals surface area contributed by atoms with E-state index in [0.29, 0.717) is 5.92 Å². The van der Waals surface area contributed by atoms with E-state index in [4.69, 9.17) is 10.5 Å². The fourth-order valence-electron chi connectivity index (χ4n) is 3.02. The van der Waals surface area contributed by atoms with Crippen LogP contribution in [0.4, 0.5) is 0 Å². The van der Waals surface area contributed by atoms with E-state index < -0.39 is 0 Å². The van der Waals surface area contributed by atoms with Gasteiger partial charge in [-0.3, -0.25) is 0 Å². The topological polar surface area (TPSA) is 61.0 Å². The number of thioether (sulfide) groups is 1. The third kappa shape index (κ3) is 2.57. The van der Waals surface area contributed by atoms with Crippen LogP contribution >= 0.6 is 23.3 Å². The molecule has 2 fully saturated rings. The van der Waals surface area contributed by atoms with Gasteiger partial charge in [0.05, 0.1) is 16.7 Å². The second-order valence-electron chi connectivity index (χ2n) is 5.24. The Morgan fingerprint density at radius 1 is 1.44 bits per heavy atom. The van der Waals surface area contributed by atoms with Crippen LogP contribution in [0.25, 0.3) is 0 Å². The largest absolute Gasteiger partial charge is 0.375 e. The molecule has 3 rings (SSSR count). The minimum Gasteiger partial charge on any atom is -0.375 e. The highest BCUT2D eigenvalue weighted by Crippen LogP contribution is 2.43. The minimum absolute atomic E-state index is 0.0837. The van der Waals surface area contributed by atoms with Crippen molar-refractivity contribution in [3.05, 3.63) is 11.1 Å². The summed E-state index contributed by atoms with van der Waals surface area (Å²) in [5, 5.41) is 3.90. The average molecular weight is 285 g/mol. The van der Waals surface area contributed by atoms with E-state index in [-0.39, 0.29) is 11.6 Å². The number of nitrogens with zero attached hydrogens (tertiary/aromatic N) is 2. The van der Waals surface area contributed by atoms with Crippen molar-refractivity contribution in [3.63, 3.8) is 0 Å². The first-order valence-electron chi connectivity index (χ1n) is 6.54. The molecule has 0 radical (unpaired) electrons. The molecule has 0 amide bonds. The van der Waals surface area contributed by atoms with Crippen LogP contribution in [0.3, 0.4) is 0 Å². The summed E-state index contributed by atoms with van der Waals surface area (Å²) >= 11 is 3.47. The van der Waals surface area contributed by atoms with E-state index in [2.05, 4.69) is 9.59 Å². The Morgan fingerprint density at radius 3 is 3.00 bits per heavy atom. The Balaban J connectivity index is 1.70. The number of nitrogens with two attached hydrogens (primary N) is 1. The monoisotopic (exact) mass is 285 g/mol.